The quantitative estimate of drug-likeness (QED) is 0.647. The number of carbonyl (C=O) groups is 2. The van der Waals surface area contributed by atoms with Gasteiger partial charge in [0.15, 0.2) is 0 Å². The van der Waals surface area contributed by atoms with E-state index in [-0.39, 0.29) is 5.56 Å². The van der Waals surface area contributed by atoms with E-state index >= 15 is 0 Å². The van der Waals surface area contributed by atoms with Crippen LogP contribution in [0.25, 0.3) is 0 Å². The predicted molar refractivity (Wildman–Crippen MR) is 59.7 cm³/mol. The zero-order valence-electron chi connectivity index (χ0n) is 9.44. The molecule has 0 aliphatic carbocycles. The first-order valence-corrected chi connectivity index (χ1v) is 4.67. The van der Waals surface area contributed by atoms with Gasteiger partial charge in [-0.1, -0.05) is 6.07 Å². The molecule has 0 radical (unpaired) electrons. The maximum Gasteiger partial charge on any atom is 0.330 e. The summed E-state index contributed by atoms with van der Waals surface area (Å²) < 4.78 is 10.1. The highest BCUT2D eigenvalue weighted by molar-refractivity contribution is 6.00. The number of ether oxygens (including phenoxy) is 2. The van der Waals surface area contributed by atoms with Crippen molar-refractivity contribution in [2.75, 3.05) is 14.2 Å². The highest BCUT2D eigenvalue weighted by Gasteiger charge is 2.17. The van der Waals surface area contributed by atoms with Gasteiger partial charge in [-0.25, -0.2) is 10.2 Å². The number of urea groups is 1. The van der Waals surface area contributed by atoms with Crippen molar-refractivity contribution in [3.63, 3.8) is 0 Å². The zero-order valence-corrected chi connectivity index (χ0v) is 9.44. The van der Waals surface area contributed by atoms with Crippen LogP contribution < -0.4 is 26.1 Å². The average Bonchev–Trinajstić information content (AvgIpc) is 2.34. The number of nitrogens with one attached hydrogen (secondary N) is 2. The van der Waals surface area contributed by atoms with Crippen LogP contribution in [0.4, 0.5) is 4.79 Å². The second-order valence-corrected chi connectivity index (χ2v) is 2.98. The van der Waals surface area contributed by atoms with Gasteiger partial charge in [0, 0.05) is 0 Å². The molecule has 0 fully saturated rings. The van der Waals surface area contributed by atoms with Crippen molar-refractivity contribution in [1.29, 1.82) is 0 Å². The fourth-order valence-electron chi connectivity index (χ4n) is 1.26. The average molecular weight is 239 g/mol. The molecule has 0 aromatic heterocycles. The minimum absolute atomic E-state index is 0.172. The van der Waals surface area contributed by atoms with Gasteiger partial charge in [-0.05, 0) is 12.1 Å². The van der Waals surface area contributed by atoms with E-state index in [0.717, 1.165) is 0 Å². The molecule has 92 valence electrons. The smallest absolute Gasteiger partial charge is 0.330 e. The highest BCUT2D eigenvalue weighted by atomic mass is 16.5. The van der Waals surface area contributed by atoms with E-state index in [4.69, 9.17) is 15.2 Å². The van der Waals surface area contributed by atoms with Crippen molar-refractivity contribution in [3.8, 4) is 11.5 Å². The van der Waals surface area contributed by atoms with Crippen molar-refractivity contribution in [2.45, 2.75) is 0 Å². The number of methoxy groups -OCH3 is 2. The van der Waals surface area contributed by atoms with Gasteiger partial charge in [-0.3, -0.25) is 10.2 Å². The molecule has 7 nitrogen and oxygen atoms in total. The molecule has 0 bridgehead atoms. The Kier molecular flexibility index (Phi) is 4.15. The Morgan fingerprint density at radius 1 is 1.12 bits per heavy atom. The van der Waals surface area contributed by atoms with E-state index in [9.17, 15) is 9.59 Å². The Hall–Kier alpha value is -2.44. The number of hydrogen-bond donors (Lipinski definition) is 3. The van der Waals surface area contributed by atoms with Gasteiger partial charge in [-0.15, -0.1) is 0 Å². The van der Waals surface area contributed by atoms with Crippen molar-refractivity contribution in [2.24, 2.45) is 5.73 Å². The molecule has 0 unspecified atom stereocenters. The minimum Gasteiger partial charge on any atom is -0.496 e. The molecule has 1 aromatic rings. The molecule has 7 heteroatoms. The Morgan fingerprint density at radius 2 is 1.65 bits per heavy atom. The molecule has 0 saturated carbocycles. The van der Waals surface area contributed by atoms with Crippen LogP contribution in [0.5, 0.6) is 11.5 Å². The lowest BCUT2D eigenvalue weighted by Gasteiger charge is -2.12. The van der Waals surface area contributed by atoms with Gasteiger partial charge in [0.05, 0.1) is 14.2 Å². The summed E-state index contributed by atoms with van der Waals surface area (Å²) in [5.74, 6) is 0.0688. The summed E-state index contributed by atoms with van der Waals surface area (Å²) in [6.07, 6.45) is 0. The Morgan fingerprint density at radius 3 is 2.06 bits per heavy atom. The van der Waals surface area contributed by atoms with Crippen LogP contribution in [0.15, 0.2) is 18.2 Å². The maximum absolute atomic E-state index is 11.8. The summed E-state index contributed by atoms with van der Waals surface area (Å²) in [5.41, 5.74) is 9.10. The molecule has 0 atom stereocenters. The Balaban J connectivity index is 3.01. The number of rotatable bonds is 3. The third kappa shape index (κ3) is 3.00. The number of hydrazine groups is 1. The van der Waals surface area contributed by atoms with Gasteiger partial charge in [0.1, 0.15) is 17.1 Å². The van der Waals surface area contributed by atoms with Crippen LogP contribution >= 0.6 is 0 Å². The van der Waals surface area contributed by atoms with Gasteiger partial charge >= 0.3 is 6.03 Å². The first-order valence-electron chi connectivity index (χ1n) is 4.67. The van der Waals surface area contributed by atoms with E-state index in [1.807, 2.05) is 5.43 Å². The molecule has 0 aliphatic rings. The lowest BCUT2D eigenvalue weighted by Crippen LogP contribution is -2.44. The summed E-state index contributed by atoms with van der Waals surface area (Å²) in [5, 5.41) is 0. The van der Waals surface area contributed by atoms with E-state index < -0.39 is 11.9 Å². The summed E-state index contributed by atoms with van der Waals surface area (Å²) in [7, 11) is 2.85. The number of nitrogens with two attached hydrogens (primary N) is 1. The highest BCUT2D eigenvalue weighted by Crippen LogP contribution is 2.27. The molecule has 1 rings (SSSR count). The molecule has 0 aliphatic heterocycles. The SMILES string of the molecule is COc1cccc(OC)c1C(=O)NNC(N)=O. The van der Waals surface area contributed by atoms with Crippen LogP contribution in [-0.2, 0) is 0 Å². The summed E-state index contributed by atoms with van der Waals surface area (Å²) >= 11 is 0. The molecule has 0 heterocycles. The van der Waals surface area contributed by atoms with Crippen LogP contribution in [0.1, 0.15) is 10.4 Å². The van der Waals surface area contributed by atoms with E-state index in [1.54, 1.807) is 18.2 Å². The van der Waals surface area contributed by atoms with Gasteiger partial charge in [-0.2, -0.15) is 0 Å². The third-order valence-corrected chi connectivity index (χ3v) is 1.95. The van der Waals surface area contributed by atoms with Crippen LogP contribution in [0.2, 0.25) is 0 Å². The Labute approximate surface area is 97.9 Å². The molecule has 4 N–H and O–H groups in total. The molecule has 0 saturated heterocycles. The summed E-state index contributed by atoms with van der Waals surface area (Å²) in [6, 6.07) is 4.01. The van der Waals surface area contributed by atoms with Gasteiger partial charge < -0.3 is 15.2 Å². The molecule has 1 aromatic carbocycles. The third-order valence-electron chi connectivity index (χ3n) is 1.95. The summed E-state index contributed by atoms with van der Waals surface area (Å²) in [6.45, 7) is 0. The van der Waals surface area contributed by atoms with Crippen LogP contribution in [-0.4, -0.2) is 26.2 Å². The maximum atomic E-state index is 11.8. The minimum atomic E-state index is -0.868. The monoisotopic (exact) mass is 239 g/mol. The van der Waals surface area contributed by atoms with Crippen molar-refractivity contribution < 1.29 is 19.1 Å². The van der Waals surface area contributed by atoms with Crippen LogP contribution in [0, 0.1) is 0 Å². The number of hydrogen-bond acceptors (Lipinski definition) is 4. The lowest BCUT2D eigenvalue weighted by atomic mass is 10.1. The van der Waals surface area contributed by atoms with E-state index in [1.165, 1.54) is 14.2 Å². The molecule has 17 heavy (non-hydrogen) atoms. The fraction of sp³-hybridized carbons (Fsp3) is 0.200. The second kappa shape index (κ2) is 5.59. The Bertz CT molecular complexity index is 411. The fourth-order valence-corrected chi connectivity index (χ4v) is 1.26. The number of carbonyl (C=O) groups excluding carboxylic acids is 2. The van der Waals surface area contributed by atoms with Crippen molar-refractivity contribution in [1.82, 2.24) is 10.9 Å². The molecule has 3 amide bonds. The predicted octanol–water partition coefficient (Wildman–Crippen LogP) is 0.0169. The lowest BCUT2D eigenvalue weighted by molar-refractivity contribution is 0.0931. The molecular weight excluding hydrogens is 226 g/mol. The van der Waals surface area contributed by atoms with Gasteiger partial charge in [0.2, 0.25) is 0 Å². The largest absolute Gasteiger partial charge is 0.496 e. The first kappa shape index (κ1) is 12.6. The topological polar surface area (TPSA) is 103 Å². The van der Waals surface area contributed by atoms with E-state index in [2.05, 4.69) is 5.43 Å². The number of primary amides is 1. The molecule has 0 spiro atoms. The second-order valence-electron chi connectivity index (χ2n) is 2.98. The number of amides is 3. The normalized spacial score (nSPS) is 9.29. The van der Waals surface area contributed by atoms with Crippen molar-refractivity contribution >= 4 is 11.9 Å². The van der Waals surface area contributed by atoms with Crippen molar-refractivity contribution in [3.05, 3.63) is 23.8 Å². The summed E-state index contributed by atoms with van der Waals surface area (Å²) in [4.78, 5) is 22.2. The zero-order chi connectivity index (χ0) is 12.8. The number of benzene rings is 1. The van der Waals surface area contributed by atoms with Gasteiger partial charge in [0.25, 0.3) is 5.91 Å². The molecular formula is C10H13N3O4. The van der Waals surface area contributed by atoms with E-state index in [0.29, 0.717) is 11.5 Å². The standard InChI is InChI=1S/C10H13N3O4/c1-16-6-4-3-5-7(17-2)8(6)9(14)12-13-10(11)15/h3-5H,1-2H3,(H,12,14)(H3,11,13,15). The first-order chi connectivity index (χ1) is 8.10. The van der Waals surface area contributed by atoms with Crippen LogP contribution in [0.3, 0.4) is 0 Å².